The number of nitrogens with zero attached hydrogens (tertiary/aromatic N) is 1. The Bertz CT molecular complexity index is 352. The van der Waals surface area contributed by atoms with Crippen LogP contribution >= 0.6 is 0 Å². The Morgan fingerprint density at radius 1 is 1.30 bits per heavy atom. The third kappa shape index (κ3) is 3.85. The van der Waals surface area contributed by atoms with Crippen molar-refractivity contribution in [2.45, 2.75) is 51.1 Å². The first-order valence-electron chi connectivity index (χ1n) is 7.64. The zero-order valence-corrected chi connectivity index (χ0v) is 12.1. The summed E-state index contributed by atoms with van der Waals surface area (Å²) in [5, 5.41) is 15.2. The van der Waals surface area contributed by atoms with Crippen molar-refractivity contribution in [2.75, 3.05) is 19.6 Å². The molecule has 3 N–H and O–H groups in total. The molecule has 2 fully saturated rings. The fourth-order valence-corrected chi connectivity index (χ4v) is 2.84. The van der Waals surface area contributed by atoms with Crippen LogP contribution in [0.3, 0.4) is 0 Å². The topological polar surface area (TPSA) is 81.7 Å². The molecule has 0 radical (unpaired) electrons. The summed E-state index contributed by atoms with van der Waals surface area (Å²) in [6.45, 7) is 4.57. The minimum Gasteiger partial charge on any atom is -0.480 e. The van der Waals surface area contributed by atoms with Crippen LogP contribution in [0.4, 0.5) is 4.79 Å². The van der Waals surface area contributed by atoms with Gasteiger partial charge >= 0.3 is 12.0 Å². The lowest BCUT2D eigenvalue weighted by Gasteiger charge is -2.35. The standard InChI is InChI=1S/C14H25N3O3/c1-2-9-17(11-5-7-15-8-6-11)14(20)16-12(13(18)19)10-3-4-10/h10-12,15H,2-9H2,1H3,(H,16,20)(H,18,19). The maximum absolute atomic E-state index is 12.4. The molecule has 1 unspecified atom stereocenters. The van der Waals surface area contributed by atoms with Gasteiger partial charge in [-0.15, -0.1) is 0 Å². The fourth-order valence-electron chi connectivity index (χ4n) is 2.84. The maximum atomic E-state index is 12.4. The number of hydrogen-bond acceptors (Lipinski definition) is 3. The molecule has 6 heteroatoms. The van der Waals surface area contributed by atoms with Crippen molar-refractivity contribution in [3.63, 3.8) is 0 Å². The van der Waals surface area contributed by atoms with E-state index in [4.69, 9.17) is 0 Å². The molecule has 0 aromatic heterocycles. The molecule has 0 aromatic rings. The molecule has 2 amide bonds. The highest BCUT2D eigenvalue weighted by molar-refractivity contribution is 5.83. The molecular weight excluding hydrogens is 258 g/mol. The van der Waals surface area contributed by atoms with Gasteiger partial charge in [-0.05, 0) is 51.1 Å². The van der Waals surface area contributed by atoms with E-state index in [0.717, 1.165) is 45.2 Å². The Morgan fingerprint density at radius 2 is 1.95 bits per heavy atom. The van der Waals surface area contributed by atoms with Crippen LogP contribution in [-0.2, 0) is 4.79 Å². The predicted molar refractivity (Wildman–Crippen MR) is 75.6 cm³/mol. The minimum atomic E-state index is -0.914. The van der Waals surface area contributed by atoms with E-state index in [9.17, 15) is 14.7 Å². The second kappa shape index (κ2) is 6.92. The Balaban J connectivity index is 1.96. The van der Waals surface area contributed by atoms with Gasteiger partial charge in [0.15, 0.2) is 0 Å². The van der Waals surface area contributed by atoms with Crippen LogP contribution in [-0.4, -0.2) is 53.7 Å². The average molecular weight is 283 g/mol. The smallest absolute Gasteiger partial charge is 0.326 e. The van der Waals surface area contributed by atoms with Gasteiger partial charge in [-0.2, -0.15) is 0 Å². The number of amides is 2. The molecule has 114 valence electrons. The van der Waals surface area contributed by atoms with Crippen LogP contribution in [0.25, 0.3) is 0 Å². The van der Waals surface area contributed by atoms with Crippen LogP contribution in [0.2, 0.25) is 0 Å². The lowest BCUT2D eigenvalue weighted by Crippen LogP contribution is -2.54. The molecule has 20 heavy (non-hydrogen) atoms. The molecule has 1 aliphatic heterocycles. The fraction of sp³-hybridized carbons (Fsp3) is 0.857. The molecule has 0 aromatic carbocycles. The first-order valence-corrected chi connectivity index (χ1v) is 7.64. The average Bonchev–Trinajstić information content (AvgIpc) is 3.27. The summed E-state index contributed by atoms with van der Waals surface area (Å²) in [6, 6.07) is -0.702. The summed E-state index contributed by atoms with van der Waals surface area (Å²) in [6.07, 6.45) is 4.57. The molecule has 1 saturated carbocycles. The van der Waals surface area contributed by atoms with Gasteiger partial charge < -0.3 is 20.6 Å². The van der Waals surface area contributed by atoms with E-state index in [2.05, 4.69) is 10.6 Å². The van der Waals surface area contributed by atoms with Crippen molar-refractivity contribution < 1.29 is 14.7 Å². The number of carboxylic acids is 1. The van der Waals surface area contributed by atoms with Crippen molar-refractivity contribution in [2.24, 2.45) is 5.92 Å². The largest absolute Gasteiger partial charge is 0.480 e. The summed E-state index contributed by atoms with van der Waals surface area (Å²) >= 11 is 0. The molecule has 1 saturated heterocycles. The van der Waals surface area contributed by atoms with E-state index in [0.29, 0.717) is 6.54 Å². The molecule has 1 heterocycles. The van der Waals surface area contributed by atoms with Crippen LogP contribution in [0.5, 0.6) is 0 Å². The van der Waals surface area contributed by atoms with Crippen LogP contribution in [0.1, 0.15) is 39.0 Å². The number of carbonyl (C=O) groups is 2. The zero-order chi connectivity index (χ0) is 14.5. The van der Waals surface area contributed by atoms with E-state index in [1.54, 1.807) is 0 Å². The minimum absolute atomic E-state index is 0.118. The number of aliphatic carboxylic acids is 1. The van der Waals surface area contributed by atoms with Crippen molar-refractivity contribution in [1.82, 2.24) is 15.5 Å². The number of nitrogens with one attached hydrogen (secondary N) is 2. The van der Waals surface area contributed by atoms with E-state index < -0.39 is 12.0 Å². The summed E-state index contributed by atoms with van der Waals surface area (Å²) < 4.78 is 0. The quantitative estimate of drug-likeness (QED) is 0.680. The van der Waals surface area contributed by atoms with E-state index in [1.165, 1.54) is 0 Å². The van der Waals surface area contributed by atoms with Crippen molar-refractivity contribution in [3.8, 4) is 0 Å². The Labute approximate surface area is 119 Å². The number of carbonyl (C=O) groups excluding carboxylic acids is 1. The molecule has 2 aliphatic rings. The molecule has 1 aliphatic carbocycles. The van der Waals surface area contributed by atoms with Gasteiger partial charge in [0.05, 0.1) is 0 Å². The highest BCUT2D eigenvalue weighted by Crippen LogP contribution is 2.33. The number of rotatable bonds is 6. The highest BCUT2D eigenvalue weighted by Gasteiger charge is 2.38. The first-order chi connectivity index (χ1) is 9.63. The van der Waals surface area contributed by atoms with Gasteiger partial charge in [0.2, 0.25) is 0 Å². The number of piperidine rings is 1. The summed E-state index contributed by atoms with van der Waals surface area (Å²) in [5.74, 6) is -0.796. The number of carboxylic acid groups (broad SMARTS) is 1. The molecule has 1 atom stereocenters. The van der Waals surface area contributed by atoms with Crippen LogP contribution in [0, 0.1) is 5.92 Å². The summed E-state index contributed by atoms with van der Waals surface area (Å²) in [4.78, 5) is 25.5. The molecule has 0 spiro atoms. The van der Waals surface area contributed by atoms with E-state index in [1.807, 2.05) is 11.8 Å². The van der Waals surface area contributed by atoms with Gasteiger partial charge in [-0.1, -0.05) is 6.92 Å². The van der Waals surface area contributed by atoms with Gasteiger partial charge in [0, 0.05) is 12.6 Å². The summed E-state index contributed by atoms with van der Waals surface area (Å²) in [5.41, 5.74) is 0. The molecular formula is C14H25N3O3. The van der Waals surface area contributed by atoms with Crippen molar-refractivity contribution >= 4 is 12.0 Å². The Hall–Kier alpha value is -1.30. The van der Waals surface area contributed by atoms with Crippen molar-refractivity contribution in [1.29, 1.82) is 0 Å². The van der Waals surface area contributed by atoms with Gasteiger partial charge in [-0.3, -0.25) is 0 Å². The second-order valence-electron chi connectivity index (χ2n) is 5.78. The first kappa shape index (κ1) is 15.1. The maximum Gasteiger partial charge on any atom is 0.326 e. The summed E-state index contributed by atoms with van der Waals surface area (Å²) in [7, 11) is 0. The Kier molecular flexibility index (Phi) is 5.23. The monoisotopic (exact) mass is 283 g/mol. The molecule has 6 nitrogen and oxygen atoms in total. The second-order valence-corrected chi connectivity index (χ2v) is 5.78. The third-order valence-electron chi connectivity index (χ3n) is 4.11. The lowest BCUT2D eigenvalue weighted by atomic mass is 10.0. The predicted octanol–water partition coefficient (Wildman–Crippen LogP) is 1.02. The van der Waals surface area contributed by atoms with Crippen LogP contribution in [0.15, 0.2) is 0 Å². The highest BCUT2D eigenvalue weighted by atomic mass is 16.4. The third-order valence-corrected chi connectivity index (χ3v) is 4.11. The lowest BCUT2D eigenvalue weighted by molar-refractivity contribution is -0.139. The van der Waals surface area contributed by atoms with Gasteiger partial charge in [0.1, 0.15) is 6.04 Å². The van der Waals surface area contributed by atoms with Crippen LogP contribution < -0.4 is 10.6 Å². The number of hydrogen-bond donors (Lipinski definition) is 3. The van der Waals surface area contributed by atoms with Gasteiger partial charge in [0.25, 0.3) is 0 Å². The molecule has 0 bridgehead atoms. The van der Waals surface area contributed by atoms with E-state index in [-0.39, 0.29) is 18.0 Å². The number of urea groups is 1. The Morgan fingerprint density at radius 3 is 2.45 bits per heavy atom. The normalized spacial score (nSPS) is 21.2. The van der Waals surface area contributed by atoms with Crippen molar-refractivity contribution in [3.05, 3.63) is 0 Å². The van der Waals surface area contributed by atoms with E-state index >= 15 is 0 Å². The zero-order valence-electron chi connectivity index (χ0n) is 12.1. The molecule has 2 rings (SSSR count). The SMILES string of the molecule is CCCN(C(=O)NC(C(=O)O)C1CC1)C1CCNCC1. The van der Waals surface area contributed by atoms with Gasteiger partial charge in [-0.25, -0.2) is 9.59 Å².